The topological polar surface area (TPSA) is 43.6 Å². The van der Waals surface area contributed by atoms with Crippen molar-refractivity contribution in [3.8, 4) is 84.4 Å². The van der Waals surface area contributed by atoms with Crippen LogP contribution in [0.3, 0.4) is 0 Å². The smallest absolute Gasteiger partial charge is 0.308 e. The number of hydrogen-bond acceptors (Lipinski definition) is 3. The average Bonchev–Trinajstić information content (AvgIpc) is 3.70. The van der Waals surface area contributed by atoms with Crippen molar-refractivity contribution in [1.29, 1.82) is 0 Å². The molecular formula is C65H48F6N4. The van der Waals surface area contributed by atoms with Crippen molar-refractivity contribution >= 4 is 21.8 Å². The average molecular weight is 999 g/mol. The molecule has 0 N–H and O–H groups in total. The Bertz CT molecular complexity index is 3740. The monoisotopic (exact) mass is 998 g/mol. The van der Waals surface area contributed by atoms with Gasteiger partial charge in [-0.3, -0.25) is 0 Å². The van der Waals surface area contributed by atoms with Crippen LogP contribution in [0.1, 0.15) is 44.5 Å². The fourth-order valence-corrected chi connectivity index (χ4v) is 11.0. The molecule has 0 unspecified atom stereocenters. The Balaban J connectivity index is 1.30. The molecule has 10 heteroatoms. The molecule has 75 heavy (non-hydrogen) atoms. The fraction of sp³-hybridized carbons (Fsp3) is 0.123. The van der Waals surface area contributed by atoms with Crippen molar-refractivity contribution in [2.75, 3.05) is 0 Å². The van der Waals surface area contributed by atoms with E-state index in [1.807, 2.05) is 89.5 Å². The first-order chi connectivity index (χ1) is 35.9. The van der Waals surface area contributed by atoms with E-state index in [1.54, 1.807) is 24.3 Å². The first-order valence-corrected chi connectivity index (χ1v) is 24.6. The number of halogens is 6. The molecule has 2 heterocycles. The van der Waals surface area contributed by atoms with E-state index in [2.05, 4.69) is 77.9 Å². The summed E-state index contributed by atoms with van der Waals surface area (Å²) < 4.78 is 91.4. The van der Waals surface area contributed by atoms with E-state index < -0.39 is 23.5 Å². The number of hydrogen-bond donors (Lipinski definition) is 0. The minimum atomic E-state index is -4.72. The van der Waals surface area contributed by atoms with Crippen molar-refractivity contribution < 1.29 is 26.3 Å². The van der Waals surface area contributed by atoms with Crippen LogP contribution in [0.5, 0.6) is 0 Å². The summed E-state index contributed by atoms with van der Waals surface area (Å²) in [4.78, 5) is 14.9. The molecular weight excluding hydrogens is 951 g/mol. The van der Waals surface area contributed by atoms with Crippen LogP contribution < -0.4 is 0 Å². The van der Waals surface area contributed by atoms with Crippen LogP contribution >= 0.6 is 0 Å². The molecule has 0 atom stereocenters. The highest BCUT2D eigenvalue weighted by Gasteiger charge is 2.33. The Labute approximate surface area is 430 Å². The van der Waals surface area contributed by atoms with Crippen LogP contribution in [-0.2, 0) is 12.4 Å². The van der Waals surface area contributed by atoms with Crippen molar-refractivity contribution in [3.63, 3.8) is 0 Å². The third-order valence-electron chi connectivity index (χ3n) is 14.0. The Hall–Kier alpha value is -8.63. The number of nitrogens with zero attached hydrogens (tertiary/aromatic N) is 4. The van der Waals surface area contributed by atoms with Crippen molar-refractivity contribution in [1.82, 2.24) is 19.5 Å². The Morgan fingerprint density at radius 2 is 0.693 bits per heavy atom. The number of fused-ring (bicyclic) bond motifs is 3. The van der Waals surface area contributed by atoms with Gasteiger partial charge in [0, 0.05) is 38.6 Å². The second-order valence-electron chi connectivity index (χ2n) is 19.5. The first-order valence-electron chi connectivity index (χ1n) is 24.6. The maximum Gasteiger partial charge on any atom is 0.416 e. The Kier molecular flexibility index (Phi) is 12.1. The van der Waals surface area contributed by atoms with Crippen LogP contribution in [0.2, 0.25) is 0 Å². The van der Waals surface area contributed by atoms with E-state index in [1.165, 1.54) is 12.1 Å². The number of benzene rings is 9. The van der Waals surface area contributed by atoms with E-state index in [9.17, 15) is 26.3 Å². The van der Waals surface area contributed by atoms with Crippen molar-refractivity contribution in [2.24, 2.45) is 0 Å². The molecule has 370 valence electrons. The third-order valence-corrected chi connectivity index (χ3v) is 14.0. The molecule has 0 bridgehead atoms. The van der Waals surface area contributed by atoms with E-state index >= 15 is 0 Å². The minimum Gasteiger partial charge on any atom is -0.308 e. The van der Waals surface area contributed by atoms with Gasteiger partial charge in [0.15, 0.2) is 17.5 Å². The van der Waals surface area contributed by atoms with Gasteiger partial charge in [-0.2, -0.15) is 26.3 Å². The highest BCUT2D eigenvalue weighted by Crippen LogP contribution is 2.47. The number of rotatable bonds is 8. The number of alkyl halides is 6. The fourth-order valence-electron chi connectivity index (χ4n) is 11.0. The summed E-state index contributed by atoms with van der Waals surface area (Å²) in [6, 6.07) is 53.3. The summed E-state index contributed by atoms with van der Waals surface area (Å²) in [5, 5.41) is 1.69. The molecule has 0 radical (unpaired) electrons. The van der Waals surface area contributed by atoms with Crippen molar-refractivity contribution in [2.45, 2.75) is 53.9 Å². The summed E-state index contributed by atoms with van der Waals surface area (Å²) in [6.45, 7) is 12.5. The Morgan fingerprint density at radius 1 is 0.333 bits per heavy atom. The van der Waals surface area contributed by atoms with Crippen LogP contribution in [-0.4, -0.2) is 19.5 Å². The first kappa shape index (κ1) is 48.6. The maximum atomic E-state index is 14.9. The quantitative estimate of drug-likeness (QED) is 0.143. The lowest BCUT2D eigenvalue weighted by atomic mass is 9.91. The molecule has 0 amide bonds. The van der Waals surface area contributed by atoms with Crippen LogP contribution in [0, 0.1) is 41.5 Å². The summed E-state index contributed by atoms with van der Waals surface area (Å²) >= 11 is 0. The highest BCUT2D eigenvalue weighted by atomic mass is 19.4. The summed E-state index contributed by atoms with van der Waals surface area (Å²) in [5.41, 5.74) is 13.4. The second kappa shape index (κ2) is 18.7. The summed E-state index contributed by atoms with van der Waals surface area (Å²) in [6.07, 6.45) is -9.45. The van der Waals surface area contributed by atoms with Gasteiger partial charge in [0.25, 0.3) is 0 Å². The lowest BCUT2D eigenvalue weighted by molar-refractivity contribution is -0.138. The van der Waals surface area contributed by atoms with Gasteiger partial charge in [-0.15, -0.1) is 0 Å². The predicted octanol–water partition coefficient (Wildman–Crippen LogP) is 18.5. The van der Waals surface area contributed by atoms with Crippen LogP contribution in [0.25, 0.3) is 106 Å². The molecule has 0 aliphatic rings. The van der Waals surface area contributed by atoms with Crippen LogP contribution in [0.15, 0.2) is 182 Å². The summed E-state index contributed by atoms with van der Waals surface area (Å²) in [7, 11) is 0. The third kappa shape index (κ3) is 9.15. The molecule has 2 aromatic heterocycles. The molecule has 11 aromatic rings. The van der Waals surface area contributed by atoms with Gasteiger partial charge in [0.2, 0.25) is 0 Å². The van der Waals surface area contributed by atoms with Crippen molar-refractivity contribution in [3.05, 3.63) is 226 Å². The molecule has 0 spiro atoms. The molecule has 0 aliphatic carbocycles. The lowest BCUT2D eigenvalue weighted by Crippen LogP contribution is -2.07. The molecule has 0 aliphatic heterocycles. The van der Waals surface area contributed by atoms with Gasteiger partial charge < -0.3 is 4.57 Å². The number of aromatic nitrogens is 4. The molecule has 0 saturated carbocycles. The second-order valence-corrected chi connectivity index (χ2v) is 19.5. The van der Waals surface area contributed by atoms with E-state index in [0.717, 1.165) is 90.7 Å². The molecule has 0 saturated heterocycles. The van der Waals surface area contributed by atoms with Gasteiger partial charge in [-0.05, 0) is 158 Å². The van der Waals surface area contributed by atoms with Gasteiger partial charge in [-0.25, -0.2) is 15.0 Å². The zero-order valence-corrected chi connectivity index (χ0v) is 41.9. The standard InChI is InChI=1S/C65H48F6N4/c1-37-27-39(3)58(40(4)28-37)47-23-25-56-54(33-47)55-34-48(59-41(5)29-38(2)30-42(59)6)24-26-57(55)75(56)60-52(45-19-13-21-50(31-45)64(66,67)68)35-49(36-53(60)46-20-14-22-51(32-46)65(69,70)71)63-73-61(43-15-9-7-10-16-43)72-62(74-63)44-17-11-8-12-18-44/h7-36H,1-6H3. The Morgan fingerprint density at radius 3 is 1.07 bits per heavy atom. The highest BCUT2D eigenvalue weighted by molar-refractivity contribution is 6.13. The van der Waals surface area contributed by atoms with Crippen LogP contribution in [0.4, 0.5) is 26.3 Å². The molecule has 11 rings (SSSR count). The minimum absolute atomic E-state index is 0.167. The maximum absolute atomic E-state index is 14.9. The van der Waals surface area contributed by atoms with Gasteiger partial charge in [0.05, 0.1) is 27.8 Å². The normalized spacial score (nSPS) is 12.0. The molecule has 4 nitrogen and oxygen atoms in total. The van der Waals surface area contributed by atoms with Gasteiger partial charge in [0.1, 0.15) is 0 Å². The molecule has 9 aromatic carbocycles. The van der Waals surface area contributed by atoms with E-state index in [4.69, 9.17) is 15.0 Å². The SMILES string of the molecule is Cc1cc(C)c(-c2ccc3c(c2)c2cc(-c4c(C)cc(C)cc4C)ccc2n3-c2c(-c3cccc(C(F)(F)F)c3)cc(-c3nc(-c4ccccc4)nc(-c4ccccc4)n3)cc2-c2cccc(C(F)(F)F)c2)c(C)c1. The number of aryl methyl sites for hydroxylation is 6. The predicted molar refractivity (Wildman–Crippen MR) is 291 cm³/mol. The largest absolute Gasteiger partial charge is 0.416 e. The zero-order chi connectivity index (χ0) is 52.5. The van der Waals surface area contributed by atoms with E-state index in [0.29, 0.717) is 56.2 Å². The summed E-state index contributed by atoms with van der Waals surface area (Å²) in [5.74, 6) is 0.827. The van der Waals surface area contributed by atoms with Gasteiger partial charge >= 0.3 is 12.4 Å². The zero-order valence-electron chi connectivity index (χ0n) is 41.9. The van der Waals surface area contributed by atoms with E-state index in [-0.39, 0.29) is 17.0 Å². The molecule has 0 fully saturated rings. The van der Waals surface area contributed by atoms with Gasteiger partial charge in [-0.1, -0.05) is 132 Å². The lowest BCUT2D eigenvalue weighted by Gasteiger charge is -2.22.